The number of esters is 1. The van der Waals surface area contributed by atoms with Gasteiger partial charge in [0, 0.05) is 17.6 Å². The third-order valence-corrected chi connectivity index (χ3v) is 4.46. The van der Waals surface area contributed by atoms with Crippen molar-refractivity contribution in [1.29, 1.82) is 0 Å². The van der Waals surface area contributed by atoms with Crippen molar-refractivity contribution in [3.8, 4) is 0 Å². The number of rotatable bonds is 4. The number of ether oxygens (including phenoxy) is 2. The summed E-state index contributed by atoms with van der Waals surface area (Å²) in [5.41, 5.74) is -0.155. The van der Waals surface area contributed by atoms with Crippen LogP contribution in [-0.2, 0) is 31.7 Å². The zero-order chi connectivity index (χ0) is 19.1. The minimum Gasteiger partial charge on any atom is -0.478 e. The van der Waals surface area contributed by atoms with Crippen LogP contribution in [0.25, 0.3) is 0 Å². The summed E-state index contributed by atoms with van der Waals surface area (Å²) in [4.78, 5) is 22.9. The zero-order valence-electron chi connectivity index (χ0n) is 13.7. The van der Waals surface area contributed by atoms with Crippen molar-refractivity contribution in [2.24, 2.45) is 0 Å². The van der Waals surface area contributed by atoms with Crippen LogP contribution in [0.2, 0.25) is 0 Å². The van der Waals surface area contributed by atoms with Crippen LogP contribution in [0.3, 0.4) is 0 Å². The SMILES string of the molecule is CC1=CC(O/C=C(/C(=O)O)C2CCc3c2cccc3C(F)(F)F)OC1=O. The number of carbonyl (C=O) groups excluding carboxylic acids is 1. The van der Waals surface area contributed by atoms with Crippen LogP contribution in [0.4, 0.5) is 13.2 Å². The fourth-order valence-electron chi connectivity index (χ4n) is 3.24. The molecule has 0 fully saturated rings. The molecule has 0 radical (unpaired) electrons. The Bertz CT molecular complexity index is 823. The highest BCUT2D eigenvalue weighted by atomic mass is 19.4. The second kappa shape index (κ2) is 6.51. The van der Waals surface area contributed by atoms with Crippen LogP contribution in [0.5, 0.6) is 0 Å². The molecule has 1 heterocycles. The fourth-order valence-corrected chi connectivity index (χ4v) is 3.24. The summed E-state index contributed by atoms with van der Waals surface area (Å²) < 4.78 is 49.5. The molecule has 2 aliphatic rings. The number of aliphatic carboxylic acids is 1. The molecule has 3 rings (SSSR count). The maximum Gasteiger partial charge on any atom is 0.416 e. The molecular weight excluding hydrogens is 353 g/mol. The van der Waals surface area contributed by atoms with Gasteiger partial charge in [0.1, 0.15) is 0 Å². The molecule has 1 aromatic rings. The second-order valence-corrected chi connectivity index (χ2v) is 6.10. The van der Waals surface area contributed by atoms with E-state index in [9.17, 15) is 27.9 Å². The lowest BCUT2D eigenvalue weighted by atomic mass is 9.92. The molecule has 138 valence electrons. The molecule has 0 spiro atoms. The lowest BCUT2D eigenvalue weighted by molar-refractivity contribution is -0.152. The van der Waals surface area contributed by atoms with Gasteiger partial charge in [-0.1, -0.05) is 12.1 Å². The predicted molar refractivity (Wildman–Crippen MR) is 82.9 cm³/mol. The van der Waals surface area contributed by atoms with E-state index >= 15 is 0 Å². The van der Waals surface area contributed by atoms with Crippen LogP contribution < -0.4 is 0 Å². The van der Waals surface area contributed by atoms with Gasteiger partial charge in [-0.3, -0.25) is 0 Å². The van der Waals surface area contributed by atoms with E-state index in [1.54, 1.807) is 0 Å². The lowest BCUT2D eigenvalue weighted by Gasteiger charge is -2.16. The van der Waals surface area contributed by atoms with Gasteiger partial charge < -0.3 is 14.6 Å². The first-order valence-corrected chi connectivity index (χ1v) is 7.85. The Kier molecular flexibility index (Phi) is 4.52. The van der Waals surface area contributed by atoms with Crippen molar-refractivity contribution in [1.82, 2.24) is 0 Å². The Morgan fingerprint density at radius 3 is 2.69 bits per heavy atom. The molecule has 0 aromatic heterocycles. The van der Waals surface area contributed by atoms with E-state index in [1.165, 1.54) is 25.1 Å². The molecule has 0 saturated heterocycles. The lowest BCUT2D eigenvalue weighted by Crippen LogP contribution is -2.14. The van der Waals surface area contributed by atoms with Gasteiger partial charge in [-0.2, -0.15) is 13.2 Å². The first-order valence-electron chi connectivity index (χ1n) is 7.85. The van der Waals surface area contributed by atoms with Crippen molar-refractivity contribution < 1.29 is 37.3 Å². The Labute approximate surface area is 146 Å². The number of halogens is 3. The summed E-state index contributed by atoms with van der Waals surface area (Å²) in [6, 6.07) is 3.76. The molecule has 0 bridgehead atoms. The molecule has 0 amide bonds. The summed E-state index contributed by atoms with van der Waals surface area (Å²) >= 11 is 0. The van der Waals surface area contributed by atoms with Gasteiger partial charge in [-0.05, 0) is 37.0 Å². The fraction of sp³-hybridized carbons (Fsp3) is 0.333. The molecule has 1 aliphatic heterocycles. The highest BCUT2D eigenvalue weighted by molar-refractivity contribution is 5.90. The number of alkyl halides is 3. The standard InChI is InChI=1S/C18H15F3O5/c1-9-7-15(26-17(9)24)25-8-13(16(22)23)11-5-6-12-10(11)3-2-4-14(12)18(19,20)21/h2-4,7-8,11,15H,5-6H2,1H3,(H,22,23)/b13-8+. The maximum absolute atomic E-state index is 13.1. The number of hydrogen-bond acceptors (Lipinski definition) is 4. The summed E-state index contributed by atoms with van der Waals surface area (Å²) in [5, 5.41) is 9.47. The third kappa shape index (κ3) is 3.31. The van der Waals surface area contributed by atoms with E-state index in [1.807, 2.05) is 0 Å². The van der Waals surface area contributed by atoms with E-state index in [4.69, 9.17) is 9.47 Å². The van der Waals surface area contributed by atoms with Crippen molar-refractivity contribution in [2.45, 2.75) is 38.1 Å². The molecule has 26 heavy (non-hydrogen) atoms. The predicted octanol–water partition coefficient (Wildman–Crippen LogP) is 3.55. The second-order valence-electron chi connectivity index (χ2n) is 6.10. The van der Waals surface area contributed by atoms with Gasteiger partial charge in [0.05, 0.1) is 17.4 Å². The van der Waals surface area contributed by atoms with Crippen molar-refractivity contribution in [2.75, 3.05) is 0 Å². The van der Waals surface area contributed by atoms with Crippen molar-refractivity contribution in [3.63, 3.8) is 0 Å². The van der Waals surface area contributed by atoms with E-state index < -0.39 is 35.9 Å². The highest BCUT2D eigenvalue weighted by Gasteiger charge is 2.39. The number of carbonyl (C=O) groups is 2. The molecule has 1 aromatic carbocycles. The summed E-state index contributed by atoms with van der Waals surface area (Å²) in [5.74, 6) is -2.60. The Morgan fingerprint density at radius 1 is 1.38 bits per heavy atom. The normalized spacial score (nSPS) is 22.7. The molecule has 1 N–H and O–H groups in total. The van der Waals surface area contributed by atoms with Gasteiger partial charge in [-0.25, -0.2) is 9.59 Å². The molecule has 8 heteroatoms. The van der Waals surface area contributed by atoms with Crippen LogP contribution in [0.1, 0.15) is 36.0 Å². The monoisotopic (exact) mass is 368 g/mol. The number of hydrogen-bond donors (Lipinski definition) is 1. The van der Waals surface area contributed by atoms with Gasteiger partial charge in [0.2, 0.25) is 0 Å². The average molecular weight is 368 g/mol. The van der Waals surface area contributed by atoms with Gasteiger partial charge in [0.15, 0.2) is 0 Å². The van der Waals surface area contributed by atoms with Crippen LogP contribution >= 0.6 is 0 Å². The minimum absolute atomic E-state index is 0.111. The number of fused-ring (bicyclic) bond motifs is 1. The average Bonchev–Trinajstić information content (AvgIpc) is 3.10. The summed E-state index contributed by atoms with van der Waals surface area (Å²) in [6.07, 6.45) is -2.84. The smallest absolute Gasteiger partial charge is 0.416 e. The third-order valence-electron chi connectivity index (χ3n) is 4.46. The van der Waals surface area contributed by atoms with E-state index in [2.05, 4.69) is 0 Å². The van der Waals surface area contributed by atoms with Crippen LogP contribution in [0.15, 0.2) is 41.7 Å². The Hall–Kier alpha value is -2.77. The van der Waals surface area contributed by atoms with Crippen LogP contribution in [-0.4, -0.2) is 23.3 Å². The minimum atomic E-state index is -4.50. The van der Waals surface area contributed by atoms with Gasteiger partial charge in [0.25, 0.3) is 6.29 Å². The van der Waals surface area contributed by atoms with E-state index in [0.29, 0.717) is 11.1 Å². The number of carboxylic acids is 1. The van der Waals surface area contributed by atoms with Gasteiger partial charge >= 0.3 is 18.1 Å². The van der Waals surface area contributed by atoms with Crippen molar-refractivity contribution in [3.05, 3.63) is 58.4 Å². The molecule has 2 atom stereocenters. The van der Waals surface area contributed by atoms with Crippen LogP contribution in [0, 0.1) is 0 Å². The first-order chi connectivity index (χ1) is 12.2. The highest BCUT2D eigenvalue weighted by Crippen LogP contribution is 2.44. The number of benzene rings is 1. The van der Waals surface area contributed by atoms with E-state index in [0.717, 1.165) is 12.3 Å². The van der Waals surface area contributed by atoms with Crippen molar-refractivity contribution >= 4 is 11.9 Å². The first kappa shape index (κ1) is 18.0. The summed E-state index contributed by atoms with van der Waals surface area (Å²) in [7, 11) is 0. The quantitative estimate of drug-likeness (QED) is 0.500. The van der Waals surface area contributed by atoms with Gasteiger partial charge in [-0.15, -0.1) is 0 Å². The topological polar surface area (TPSA) is 72.8 Å². The molecular formula is C18H15F3O5. The Morgan fingerprint density at radius 2 is 2.12 bits per heavy atom. The summed E-state index contributed by atoms with van der Waals surface area (Å²) in [6.45, 7) is 1.53. The molecule has 5 nitrogen and oxygen atoms in total. The Balaban J connectivity index is 1.89. The maximum atomic E-state index is 13.1. The molecule has 0 saturated carbocycles. The van der Waals surface area contributed by atoms with E-state index in [-0.39, 0.29) is 24.0 Å². The largest absolute Gasteiger partial charge is 0.478 e. The molecule has 1 aliphatic carbocycles. The molecule has 2 unspecified atom stereocenters. The zero-order valence-corrected chi connectivity index (χ0v) is 13.7. The number of cyclic esters (lactones) is 1. The number of carboxylic acid groups (broad SMARTS) is 1.